The summed E-state index contributed by atoms with van der Waals surface area (Å²) in [4.78, 5) is 14.4. The lowest BCUT2D eigenvalue weighted by atomic mass is 9.92. The van der Waals surface area contributed by atoms with Gasteiger partial charge in [-0.05, 0) is 59.8 Å². The van der Waals surface area contributed by atoms with Crippen LogP contribution >= 0.6 is 39.9 Å². The molecular formula is C14H19BrCl2N2O. The largest absolute Gasteiger partial charge is 0.338 e. The number of benzene rings is 1. The fourth-order valence-electron chi connectivity index (χ4n) is 2.46. The molecule has 1 amide bonds. The van der Waals surface area contributed by atoms with Gasteiger partial charge in [0.05, 0.1) is 5.56 Å². The van der Waals surface area contributed by atoms with Gasteiger partial charge >= 0.3 is 0 Å². The first-order valence-electron chi connectivity index (χ1n) is 6.49. The molecule has 1 aromatic rings. The van der Waals surface area contributed by atoms with Crippen molar-refractivity contribution < 1.29 is 4.79 Å². The molecule has 6 heteroatoms. The Kier molecular flexibility index (Phi) is 6.79. The van der Waals surface area contributed by atoms with E-state index in [4.69, 9.17) is 17.3 Å². The second kappa shape index (κ2) is 7.64. The number of halogens is 3. The van der Waals surface area contributed by atoms with Gasteiger partial charge in [-0.3, -0.25) is 4.79 Å². The Morgan fingerprint density at radius 2 is 2.25 bits per heavy atom. The van der Waals surface area contributed by atoms with E-state index in [1.54, 1.807) is 12.1 Å². The van der Waals surface area contributed by atoms with Gasteiger partial charge in [0.2, 0.25) is 0 Å². The second-order valence-electron chi connectivity index (χ2n) is 5.14. The summed E-state index contributed by atoms with van der Waals surface area (Å²) in [5.41, 5.74) is 6.58. The topological polar surface area (TPSA) is 46.3 Å². The Labute approximate surface area is 139 Å². The van der Waals surface area contributed by atoms with Crippen molar-refractivity contribution in [2.45, 2.75) is 25.8 Å². The highest BCUT2D eigenvalue weighted by atomic mass is 79.9. The fourth-order valence-corrected chi connectivity index (χ4v) is 3.04. The van der Waals surface area contributed by atoms with Crippen molar-refractivity contribution in [1.82, 2.24) is 4.90 Å². The van der Waals surface area contributed by atoms with Crippen LogP contribution in [0.3, 0.4) is 0 Å². The molecule has 1 aliphatic heterocycles. The van der Waals surface area contributed by atoms with Crippen LogP contribution in [0, 0.1) is 5.92 Å². The molecular weight excluding hydrogens is 363 g/mol. The Balaban J connectivity index is 0.00000200. The molecule has 2 unspecified atom stereocenters. The number of amides is 1. The molecule has 0 aromatic heterocycles. The summed E-state index contributed by atoms with van der Waals surface area (Å²) in [6.45, 7) is 3.53. The van der Waals surface area contributed by atoms with Gasteiger partial charge in [0.15, 0.2) is 0 Å². The number of rotatable bonds is 2. The number of carbonyl (C=O) groups is 1. The monoisotopic (exact) mass is 380 g/mol. The average molecular weight is 382 g/mol. The number of hydrogen-bond acceptors (Lipinski definition) is 2. The summed E-state index contributed by atoms with van der Waals surface area (Å²) in [5, 5.41) is 0.576. The summed E-state index contributed by atoms with van der Waals surface area (Å²) in [6.07, 6.45) is 2.11. The molecule has 0 aliphatic carbocycles. The molecule has 2 atom stereocenters. The minimum absolute atomic E-state index is 0. The van der Waals surface area contributed by atoms with E-state index >= 15 is 0 Å². The van der Waals surface area contributed by atoms with E-state index in [2.05, 4.69) is 15.9 Å². The summed E-state index contributed by atoms with van der Waals surface area (Å²) >= 11 is 9.38. The zero-order valence-corrected chi connectivity index (χ0v) is 14.5. The highest BCUT2D eigenvalue weighted by Gasteiger charge is 2.27. The Morgan fingerprint density at radius 1 is 1.55 bits per heavy atom. The molecule has 112 valence electrons. The van der Waals surface area contributed by atoms with E-state index < -0.39 is 0 Å². The molecule has 3 nitrogen and oxygen atoms in total. The van der Waals surface area contributed by atoms with Gasteiger partial charge < -0.3 is 10.6 Å². The summed E-state index contributed by atoms with van der Waals surface area (Å²) in [6, 6.07) is 5.41. The van der Waals surface area contributed by atoms with Crippen LogP contribution in [0.1, 0.15) is 30.1 Å². The average Bonchev–Trinajstić information content (AvgIpc) is 2.41. The normalized spacial score (nSPS) is 20.2. The maximum absolute atomic E-state index is 12.5. The van der Waals surface area contributed by atoms with Gasteiger partial charge in [-0.1, -0.05) is 11.6 Å². The molecule has 2 N–H and O–H groups in total. The predicted molar refractivity (Wildman–Crippen MR) is 88.7 cm³/mol. The number of carbonyl (C=O) groups excluding carboxylic acids is 1. The highest BCUT2D eigenvalue weighted by molar-refractivity contribution is 9.10. The van der Waals surface area contributed by atoms with Crippen LogP contribution in [0.2, 0.25) is 5.02 Å². The van der Waals surface area contributed by atoms with Crippen molar-refractivity contribution >= 4 is 45.8 Å². The SMILES string of the molecule is CC(N)C1CCCN(C(=O)c2cc(Cl)ccc2Br)C1.Cl. The first-order chi connectivity index (χ1) is 8.99. The lowest BCUT2D eigenvalue weighted by Gasteiger charge is -2.34. The maximum atomic E-state index is 12.5. The van der Waals surface area contributed by atoms with E-state index in [1.807, 2.05) is 17.9 Å². The Morgan fingerprint density at radius 3 is 2.90 bits per heavy atom. The predicted octanol–water partition coefficient (Wildman–Crippen LogP) is 3.72. The fraction of sp³-hybridized carbons (Fsp3) is 0.500. The zero-order chi connectivity index (χ0) is 14.0. The van der Waals surface area contributed by atoms with Crippen molar-refractivity contribution in [1.29, 1.82) is 0 Å². The van der Waals surface area contributed by atoms with Crippen molar-refractivity contribution in [2.24, 2.45) is 11.7 Å². The summed E-state index contributed by atoms with van der Waals surface area (Å²) in [5.74, 6) is 0.412. The zero-order valence-electron chi connectivity index (χ0n) is 11.3. The molecule has 0 bridgehead atoms. The number of likely N-dealkylation sites (tertiary alicyclic amines) is 1. The Bertz CT molecular complexity index is 482. The molecule has 1 saturated heterocycles. The minimum Gasteiger partial charge on any atom is -0.338 e. The second-order valence-corrected chi connectivity index (χ2v) is 6.43. The third kappa shape index (κ3) is 4.10. The smallest absolute Gasteiger partial charge is 0.255 e. The van der Waals surface area contributed by atoms with Crippen LogP contribution in [0.5, 0.6) is 0 Å². The van der Waals surface area contributed by atoms with Crippen molar-refractivity contribution in [2.75, 3.05) is 13.1 Å². The molecule has 20 heavy (non-hydrogen) atoms. The van der Waals surface area contributed by atoms with Gasteiger partial charge in [-0.15, -0.1) is 12.4 Å². The first-order valence-corrected chi connectivity index (χ1v) is 7.66. The standard InChI is InChI=1S/C14H18BrClN2O.ClH/c1-9(17)10-3-2-6-18(8-10)14(19)12-7-11(16)4-5-13(12)15;/h4-5,7,9-10H,2-3,6,8,17H2,1H3;1H. The van der Waals surface area contributed by atoms with Gasteiger partial charge in [-0.2, -0.15) is 0 Å². The molecule has 1 heterocycles. The van der Waals surface area contributed by atoms with E-state index in [1.165, 1.54) is 0 Å². The van der Waals surface area contributed by atoms with Crippen LogP contribution in [0.25, 0.3) is 0 Å². The summed E-state index contributed by atoms with van der Waals surface area (Å²) < 4.78 is 0.782. The molecule has 1 fully saturated rings. The molecule has 0 saturated carbocycles. The Hall–Kier alpha value is -0.290. The van der Waals surface area contributed by atoms with Gasteiger partial charge in [0, 0.05) is 28.6 Å². The molecule has 2 rings (SSSR count). The van der Waals surface area contributed by atoms with E-state index in [9.17, 15) is 4.79 Å². The molecule has 0 radical (unpaired) electrons. The maximum Gasteiger partial charge on any atom is 0.255 e. The van der Waals surface area contributed by atoms with Crippen molar-refractivity contribution in [3.05, 3.63) is 33.3 Å². The van der Waals surface area contributed by atoms with Crippen LogP contribution in [-0.4, -0.2) is 29.9 Å². The number of nitrogens with two attached hydrogens (primary N) is 1. The number of nitrogens with zero attached hydrogens (tertiary/aromatic N) is 1. The first kappa shape index (κ1) is 17.8. The molecule has 0 spiro atoms. The molecule has 1 aliphatic rings. The highest BCUT2D eigenvalue weighted by Crippen LogP contribution is 2.25. The number of piperidine rings is 1. The van der Waals surface area contributed by atoms with E-state index in [0.717, 1.165) is 30.4 Å². The quantitative estimate of drug-likeness (QED) is 0.848. The van der Waals surface area contributed by atoms with Crippen LogP contribution in [-0.2, 0) is 0 Å². The van der Waals surface area contributed by atoms with Crippen LogP contribution < -0.4 is 5.73 Å². The third-order valence-corrected chi connectivity index (χ3v) is 4.57. The van der Waals surface area contributed by atoms with Crippen LogP contribution in [0.15, 0.2) is 22.7 Å². The van der Waals surface area contributed by atoms with Gasteiger partial charge in [0.1, 0.15) is 0 Å². The lowest BCUT2D eigenvalue weighted by Crippen LogP contribution is -2.45. The van der Waals surface area contributed by atoms with E-state index in [0.29, 0.717) is 16.5 Å². The van der Waals surface area contributed by atoms with E-state index in [-0.39, 0.29) is 24.4 Å². The number of hydrogen-bond donors (Lipinski definition) is 1. The summed E-state index contributed by atoms with van der Waals surface area (Å²) in [7, 11) is 0. The van der Waals surface area contributed by atoms with Crippen molar-refractivity contribution in [3.8, 4) is 0 Å². The molecule has 1 aromatic carbocycles. The van der Waals surface area contributed by atoms with Gasteiger partial charge in [-0.25, -0.2) is 0 Å². The minimum atomic E-state index is 0. The lowest BCUT2D eigenvalue weighted by molar-refractivity contribution is 0.0660. The van der Waals surface area contributed by atoms with Crippen LogP contribution in [0.4, 0.5) is 0 Å². The van der Waals surface area contributed by atoms with Crippen molar-refractivity contribution in [3.63, 3.8) is 0 Å². The van der Waals surface area contributed by atoms with Gasteiger partial charge in [0.25, 0.3) is 5.91 Å². The third-order valence-electron chi connectivity index (χ3n) is 3.65.